The van der Waals surface area contributed by atoms with Crippen molar-refractivity contribution in [2.75, 3.05) is 0 Å². The average molecular weight is 271 g/mol. The van der Waals surface area contributed by atoms with E-state index in [0.29, 0.717) is 0 Å². The van der Waals surface area contributed by atoms with Crippen molar-refractivity contribution >= 4 is 11.9 Å². The van der Waals surface area contributed by atoms with Gasteiger partial charge in [0.1, 0.15) is 0 Å². The smallest absolute Gasteiger partial charge is 0.414 e. The number of hydrogen-bond donors (Lipinski definition) is 2. The monoisotopic (exact) mass is 271 g/mol. The second kappa shape index (κ2) is 3.86. The van der Waals surface area contributed by atoms with E-state index in [2.05, 4.69) is 0 Å². The van der Waals surface area contributed by atoms with Gasteiger partial charge in [-0.25, -0.2) is 9.59 Å². The number of rotatable bonds is 0. The molecule has 0 fully saturated rings. The first kappa shape index (κ1) is 9.84. The zero-order valence-electron chi connectivity index (χ0n) is 3.16. The fourth-order valence-electron chi connectivity index (χ4n) is 0. The van der Waals surface area contributed by atoms with Crippen molar-refractivity contribution < 1.29 is 42.2 Å². The molecule has 1 radical (unpaired) electrons. The van der Waals surface area contributed by atoms with Crippen molar-refractivity contribution in [2.45, 2.75) is 0 Å². The van der Waals surface area contributed by atoms with Gasteiger partial charge in [-0.15, -0.1) is 0 Å². The molecule has 0 aliphatic heterocycles. The van der Waals surface area contributed by atoms with Gasteiger partial charge in [0.15, 0.2) is 0 Å². The number of carboxylic acids is 2. The quantitative estimate of drug-likeness (QED) is 0.563. The van der Waals surface area contributed by atoms with Gasteiger partial charge in [0, 0.05) is 22.4 Å². The third-order valence-corrected chi connectivity index (χ3v) is 0.183. The van der Waals surface area contributed by atoms with E-state index in [-0.39, 0.29) is 22.4 Å². The summed E-state index contributed by atoms with van der Waals surface area (Å²) in [5.41, 5.74) is 0. The van der Waals surface area contributed by atoms with E-state index in [1.165, 1.54) is 0 Å². The largest absolute Gasteiger partial charge is 0.473 e. The molecule has 4 nitrogen and oxygen atoms in total. The molecule has 0 aromatic carbocycles. The van der Waals surface area contributed by atoms with Crippen molar-refractivity contribution in [1.82, 2.24) is 0 Å². The summed E-state index contributed by atoms with van der Waals surface area (Å²) in [5, 5.41) is 14.8. The SMILES string of the molecule is O=C(O)C(=O)O.[Ta]. The molecule has 5 heteroatoms. The van der Waals surface area contributed by atoms with Crippen molar-refractivity contribution in [3.63, 3.8) is 0 Å². The molecule has 0 atom stereocenters. The third kappa shape index (κ3) is 5.68. The maximum Gasteiger partial charge on any atom is 0.414 e. The van der Waals surface area contributed by atoms with Crippen LogP contribution in [0.15, 0.2) is 0 Å². The predicted octanol–water partition coefficient (Wildman–Crippen LogP) is -0.847. The first-order valence-corrected chi connectivity index (χ1v) is 1.11. The molecule has 0 unspecified atom stereocenters. The first-order chi connectivity index (χ1) is 2.64. The van der Waals surface area contributed by atoms with Crippen LogP contribution in [0.25, 0.3) is 0 Å². The Hall–Kier alpha value is -0.320. The summed E-state index contributed by atoms with van der Waals surface area (Å²) in [6.45, 7) is 0. The van der Waals surface area contributed by atoms with Gasteiger partial charge in [-0.2, -0.15) is 0 Å². The van der Waals surface area contributed by atoms with Gasteiger partial charge in [-0.1, -0.05) is 0 Å². The van der Waals surface area contributed by atoms with Crippen LogP contribution in [0.5, 0.6) is 0 Å². The molecule has 0 aliphatic rings. The molecule has 0 amide bonds. The van der Waals surface area contributed by atoms with Crippen LogP contribution in [0.3, 0.4) is 0 Å². The van der Waals surface area contributed by atoms with Gasteiger partial charge >= 0.3 is 11.9 Å². The van der Waals surface area contributed by atoms with Crippen LogP contribution in [0.4, 0.5) is 0 Å². The fourth-order valence-corrected chi connectivity index (χ4v) is 0. The summed E-state index contributed by atoms with van der Waals surface area (Å²) >= 11 is 0. The van der Waals surface area contributed by atoms with E-state index >= 15 is 0 Å². The molecule has 0 saturated carbocycles. The molecule has 0 aromatic heterocycles. The van der Waals surface area contributed by atoms with E-state index < -0.39 is 11.9 Å². The maximum atomic E-state index is 9.10. The molecule has 0 rings (SSSR count). The molecule has 2 N–H and O–H groups in total. The fraction of sp³-hybridized carbons (Fsp3) is 0. The standard InChI is InChI=1S/C2H2O4.Ta/c3-1(4)2(5)6;/h(H,3,4)(H,5,6);. The van der Waals surface area contributed by atoms with Crippen LogP contribution in [0, 0.1) is 0 Å². The average Bonchev–Trinajstić information content (AvgIpc) is 1.36. The summed E-state index contributed by atoms with van der Waals surface area (Å²) in [6, 6.07) is 0. The van der Waals surface area contributed by atoms with E-state index in [1.54, 1.807) is 0 Å². The number of aliphatic carboxylic acids is 2. The van der Waals surface area contributed by atoms with Crippen molar-refractivity contribution in [2.24, 2.45) is 0 Å². The van der Waals surface area contributed by atoms with Crippen LogP contribution in [0.2, 0.25) is 0 Å². The first-order valence-electron chi connectivity index (χ1n) is 1.11. The molecule has 39 valence electrons. The van der Waals surface area contributed by atoms with E-state index in [0.717, 1.165) is 0 Å². The van der Waals surface area contributed by atoms with E-state index in [1.807, 2.05) is 0 Å². The zero-order chi connectivity index (χ0) is 5.15. The van der Waals surface area contributed by atoms with Gasteiger partial charge < -0.3 is 10.2 Å². The van der Waals surface area contributed by atoms with Gasteiger partial charge in [0.25, 0.3) is 0 Å². The second-order valence-electron chi connectivity index (χ2n) is 0.610. The summed E-state index contributed by atoms with van der Waals surface area (Å²) in [5.74, 6) is -3.65. The van der Waals surface area contributed by atoms with Crippen molar-refractivity contribution in [3.05, 3.63) is 0 Å². The Labute approximate surface area is 54.6 Å². The topological polar surface area (TPSA) is 74.6 Å². The molecule has 0 heterocycles. The molecular weight excluding hydrogens is 269 g/mol. The second-order valence-corrected chi connectivity index (χ2v) is 0.610. The molecule has 0 aromatic rings. The number of hydrogen-bond acceptors (Lipinski definition) is 2. The minimum atomic E-state index is -1.82. The van der Waals surface area contributed by atoms with Crippen LogP contribution in [-0.4, -0.2) is 22.2 Å². The van der Waals surface area contributed by atoms with Gasteiger partial charge in [-0.3, -0.25) is 0 Å². The third-order valence-electron chi connectivity index (χ3n) is 0.183. The normalized spacial score (nSPS) is 6.29. The molecule has 7 heavy (non-hydrogen) atoms. The Morgan fingerprint density at radius 2 is 1.14 bits per heavy atom. The molecular formula is C2H2O4Ta. The Kier molecular flexibility index (Phi) is 5.42. The number of carboxylic acid groups (broad SMARTS) is 2. The molecule has 0 aliphatic carbocycles. The summed E-state index contributed by atoms with van der Waals surface area (Å²) in [7, 11) is 0. The van der Waals surface area contributed by atoms with Crippen LogP contribution in [0.1, 0.15) is 0 Å². The minimum Gasteiger partial charge on any atom is -0.473 e. The van der Waals surface area contributed by atoms with Crippen LogP contribution >= 0.6 is 0 Å². The molecule has 0 bridgehead atoms. The van der Waals surface area contributed by atoms with Crippen molar-refractivity contribution in [3.8, 4) is 0 Å². The van der Waals surface area contributed by atoms with Crippen molar-refractivity contribution in [1.29, 1.82) is 0 Å². The van der Waals surface area contributed by atoms with Gasteiger partial charge in [0.05, 0.1) is 0 Å². The van der Waals surface area contributed by atoms with E-state index in [4.69, 9.17) is 19.8 Å². The Morgan fingerprint density at radius 3 is 1.14 bits per heavy atom. The Morgan fingerprint density at radius 1 is 1.00 bits per heavy atom. The predicted molar refractivity (Wildman–Crippen MR) is 15.3 cm³/mol. The summed E-state index contributed by atoms with van der Waals surface area (Å²) in [4.78, 5) is 18.2. The van der Waals surface area contributed by atoms with Crippen LogP contribution < -0.4 is 0 Å². The summed E-state index contributed by atoms with van der Waals surface area (Å²) in [6.07, 6.45) is 0. The zero-order valence-corrected chi connectivity index (χ0v) is 6.37. The van der Waals surface area contributed by atoms with Gasteiger partial charge in [0.2, 0.25) is 0 Å². The Bertz CT molecular complexity index is 75.7. The van der Waals surface area contributed by atoms with E-state index in [9.17, 15) is 0 Å². The van der Waals surface area contributed by atoms with Gasteiger partial charge in [-0.05, 0) is 0 Å². The maximum absolute atomic E-state index is 9.10. The van der Waals surface area contributed by atoms with Crippen LogP contribution in [-0.2, 0) is 32.0 Å². The Balaban J connectivity index is 0. The number of carbonyl (C=O) groups is 2. The minimum absolute atomic E-state index is 0. The summed E-state index contributed by atoms with van der Waals surface area (Å²) < 4.78 is 0. The molecule has 0 spiro atoms. The molecule has 0 saturated heterocycles.